The van der Waals surface area contributed by atoms with E-state index in [1.807, 2.05) is 4.90 Å². The van der Waals surface area contributed by atoms with Gasteiger partial charge < -0.3 is 10.2 Å². The molecule has 2 rings (SSSR count). The van der Waals surface area contributed by atoms with Gasteiger partial charge in [0.2, 0.25) is 5.91 Å². The molecule has 1 unspecified atom stereocenters. The first kappa shape index (κ1) is 13.9. The summed E-state index contributed by atoms with van der Waals surface area (Å²) in [4.78, 5) is 25.4. The summed E-state index contributed by atoms with van der Waals surface area (Å²) in [6.45, 7) is 3.28. The van der Waals surface area contributed by atoms with E-state index in [0.29, 0.717) is 11.3 Å². The van der Waals surface area contributed by atoms with Crippen LogP contribution in [0.5, 0.6) is 0 Å². The Morgan fingerprint density at radius 3 is 2.32 bits per heavy atom. The first-order valence-electron chi connectivity index (χ1n) is 6.42. The number of nitrogens with one attached hydrogen (secondary N) is 1. The molecule has 2 amide bonds. The summed E-state index contributed by atoms with van der Waals surface area (Å²) in [6, 6.07) is 6.91. The van der Waals surface area contributed by atoms with E-state index in [9.17, 15) is 9.59 Å². The lowest BCUT2D eigenvalue weighted by Crippen LogP contribution is -2.27. The highest BCUT2D eigenvalue weighted by Crippen LogP contribution is 2.15. The van der Waals surface area contributed by atoms with Gasteiger partial charge in [0.15, 0.2) is 0 Å². The van der Waals surface area contributed by atoms with Crippen LogP contribution in [-0.2, 0) is 4.79 Å². The number of halogens is 1. The van der Waals surface area contributed by atoms with Crippen LogP contribution in [0.2, 0.25) is 0 Å². The molecule has 102 valence electrons. The van der Waals surface area contributed by atoms with Gasteiger partial charge in [-0.3, -0.25) is 9.59 Å². The summed E-state index contributed by atoms with van der Waals surface area (Å²) >= 11 is 5.67. The zero-order chi connectivity index (χ0) is 13.8. The van der Waals surface area contributed by atoms with Crippen LogP contribution in [-0.4, -0.2) is 35.2 Å². The van der Waals surface area contributed by atoms with Crippen molar-refractivity contribution in [3.63, 3.8) is 0 Å². The van der Waals surface area contributed by atoms with E-state index >= 15 is 0 Å². The van der Waals surface area contributed by atoms with Gasteiger partial charge in [0.1, 0.15) is 5.38 Å². The first-order chi connectivity index (χ1) is 9.08. The van der Waals surface area contributed by atoms with Crippen LogP contribution in [0.4, 0.5) is 5.69 Å². The van der Waals surface area contributed by atoms with Gasteiger partial charge in [-0.15, -0.1) is 11.6 Å². The summed E-state index contributed by atoms with van der Waals surface area (Å²) < 4.78 is 0. The van der Waals surface area contributed by atoms with Crippen molar-refractivity contribution in [3.8, 4) is 0 Å². The van der Waals surface area contributed by atoms with Crippen LogP contribution >= 0.6 is 11.6 Å². The van der Waals surface area contributed by atoms with Gasteiger partial charge in [-0.25, -0.2) is 0 Å². The second-order valence-corrected chi connectivity index (χ2v) is 5.34. The van der Waals surface area contributed by atoms with Crippen molar-refractivity contribution in [2.45, 2.75) is 25.1 Å². The van der Waals surface area contributed by atoms with E-state index in [-0.39, 0.29) is 11.8 Å². The zero-order valence-corrected chi connectivity index (χ0v) is 11.6. The number of nitrogens with zero attached hydrogens (tertiary/aromatic N) is 1. The number of anilines is 1. The van der Waals surface area contributed by atoms with Gasteiger partial charge in [-0.05, 0) is 44.0 Å². The van der Waals surface area contributed by atoms with Gasteiger partial charge in [0.05, 0.1) is 0 Å². The molecular weight excluding hydrogens is 264 g/mol. The third kappa shape index (κ3) is 3.47. The Labute approximate surface area is 117 Å². The van der Waals surface area contributed by atoms with Crippen LogP contribution in [0.25, 0.3) is 0 Å². The molecule has 1 fully saturated rings. The highest BCUT2D eigenvalue weighted by atomic mass is 35.5. The molecule has 1 aromatic rings. The van der Waals surface area contributed by atoms with E-state index in [0.717, 1.165) is 25.9 Å². The average molecular weight is 281 g/mol. The predicted molar refractivity (Wildman–Crippen MR) is 75.5 cm³/mol. The number of benzene rings is 1. The summed E-state index contributed by atoms with van der Waals surface area (Å²) in [6.07, 6.45) is 2.15. The number of hydrogen-bond donors (Lipinski definition) is 1. The topological polar surface area (TPSA) is 49.4 Å². The van der Waals surface area contributed by atoms with Crippen molar-refractivity contribution in [2.24, 2.45) is 0 Å². The molecule has 1 aliphatic heterocycles. The Hall–Kier alpha value is -1.55. The SMILES string of the molecule is CC(Cl)C(=O)Nc1ccc(C(=O)N2CCCC2)cc1. The molecule has 1 heterocycles. The minimum absolute atomic E-state index is 0.0566. The Morgan fingerprint density at radius 2 is 1.79 bits per heavy atom. The van der Waals surface area contributed by atoms with Crippen molar-refractivity contribution >= 4 is 29.1 Å². The molecule has 0 saturated carbocycles. The second-order valence-electron chi connectivity index (χ2n) is 4.68. The third-order valence-electron chi connectivity index (χ3n) is 3.15. The summed E-state index contributed by atoms with van der Waals surface area (Å²) in [7, 11) is 0. The molecule has 0 spiro atoms. The highest BCUT2D eigenvalue weighted by Gasteiger charge is 2.19. The number of alkyl halides is 1. The molecular formula is C14H17ClN2O2. The first-order valence-corrected chi connectivity index (χ1v) is 6.86. The van der Waals surface area contributed by atoms with Gasteiger partial charge in [-0.1, -0.05) is 0 Å². The normalized spacial score (nSPS) is 16.2. The fourth-order valence-electron chi connectivity index (χ4n) is 2.04. The van der Waals surface area contributed by atoms with Crippen LogP contribution in [0, 0.1) is 0 Å². The minimum Gasteiger partial charge on any atom is -0.339 e. The van der Waals surface area contributed by atoms with E-state index < -0.39 is 5.38 Å². The lowest BCUT2D eigenvalue weighted by molar-refractivity contribution is -0.115. The van der Waals surface area contributed by atoms with Crippen molar-refractivity contribution in [1.82, 2.24) is 4.90 Å². The number of rotatable bonds is 3. The third-order valence-corrected chi connectivity index (χ3v) is 3.35. The number of hydrogen-bond acceptors (Lipinski definition) is 2. The van der Waals surface area contributed by atoms with Crippen LogP contribution in [0.3, 0.4) is 0 Å². The molecule has 5 heteroatoms. The van der Waals surface area contributed by atoms with Crippen LogP contribution in [0.15, 0.2) is 24.3 Å². The van der Waals surface area contributed by atoms with Crippen molar-refractivity contribution in [2.75, 3.05) is 18.4 Å². The fraction of sp³-hybridized carbons (Fsp3) is 0.429. The Kier molecular flexibility index (Phi) is 4.43. The van der Waals surface area contributed by atoms with Gasteiger partial charge in [0, 0.05) is 24.3 Å². The molecule has 0 aromatic heterocycles. The molecule has 1 aromatic carbocycles. The Morgan fingerprint density at radius 1 is 1.21 bits per heavy atom. The zero-order valence-electron chi connectivity index (χ0n) is 10.9. The van der Waals surface area contributed by atoms with E-state index in [4.69, 9.17) is 11.6 Å². The molecule has 1 saturated heterocycles. The second kappa shape index (κ2) is 6.06. The van der Waals surface area contributed by atoms with Crippen LogP contribution < -0.4 is 5.32 Å². The molecule has 1 atom stereocenters. The maximum absolute atomic E-state index is 12.1. The van der Waals surface area contributed by atoms with Gasteiger partial charge in [-0.2, -0.15) is 0 Å². The van der Waals surface area contributed by atoms with Gasteiger partial charge in [0.25, 0.3) is 5.91 Å². The number of likely N-dealkylation sites (tertiary alicyclic amines) is 1. The summed E-state index contributed by atoms with van der Waals surface area (Å²) in [5, 5.41) is 2.10. The van der Waals surface area contributed by atoms with E-state index in [1.165, 1.54) is 0 Å². The summed E-state index contributed by atoms with van der Waals surface area (Å²) in [5.41, 5.74) is 1.30. The molecule has 0 bridgehead atoms. The number of amides is 2. The molecule has 19 heavy (non-hydrogen) atoms. The maximum atomic E-state index is 12.1. The standard InChI is InChI=1S/C14H17ClN2O2/c1-10(15)13(18)16-12-6-4-11(5-7-12)14(19)17-8-2-3-9-17/h4-7,10H,2-3,8-9H2,1H3,(H,16,18). The highest BCUT2D eigenvalue weighted by molar-refractivity contribution is 6.32. The Balaban J connectivity index is 2.01. The molecule has 0 radical (unpaired) electrons. The molecule has 0 aliphatic carbocycles. The average Bonchev–Trinajstić information content (AvgIpc) is 2.92. The Bertz CT molecular complexity index is 465. The fourth-order valence-corrected chi connectivity index (χ4v) is 2.10. The number of carbonyl (C=O) groups is 2. The molecule has 1 N–H and O–H groups in total. The molecule has 4 nitrogen and oxygen atoms in total. The van der Waals surface area contributed by atoms with Crippen molar-refractivity contribution in [1.29, 1.82) is 0 Å². The lowest BCUT2D eigenvalue weighted by Gasteiger charge is -2.15. The predicted octanol–water partition coefficient (Wildman–Crippen LogP) is 2.49. The maximum Gasteiger partial charge on any atom is 0.253 e. The molecule has 1 aliphatic rings. The largest absolute Gasteiger partial charge is 0.339 e. The van der Waals surface area contributed by atoms with E-state index in [2.05, 4.69) is 5.32 Å². The minimum atomic E-state index is -0.578. The monoisotopic (exact) mass is 280 g/mol. The van der Waals surface area contributed by atoms with Crippen LogP contribution in [0.1, 0.15) is 30.1 Å². The van der Waals surface area contributed by atoms with Crippen molar-refractivity contribution < 1.29 is 9.59 Å². The lowest BCUT2D eigenvalue weighted by atomic mass is 10.2. The summed E-state index contributed by atoms with van der Waals surface area (Å²) in [5.74, 6) is -0.193. The van der Waals surface area contributed by atoms with Gasteiger partial charge >= 0.3 is 0 Å². The number of carbonyl (C=O) groups excluding carboxylic acids is 2. The van der Waals surface area contributed by atoms with Crippen molar-refractivity contribution in [3.05, 3.63) is 29.8 Å². The van der Waals surface area contributed by atoms with E-state index in [1.54, 1.807) is 31.2 Å². The smallest absolute Gasteiger partial charge is 0.253 e. The quantitative estimate of drug-likeness (QED) is 0.865.